The summed E-state index contributed by atoms with van der Waals surface area (Å²) in [6.07, 6.45) is 0. The third kappa shape index (κ3) is 3.64. The molecule has 1 atom stereocenters. The van der Waals surface area contributed by atoms with Gasteiger partial charge in [0.2, 0.25) is 10.0 Å². The Morgan fingerprint density at radius 1 is 1.05 bits per heavy atom. The van der Waals surface area contributed by atoms with Crippen molar-refractivity contribution in [3.63, 3.8) is 0 Å². The molecule has 0 saturated carbocycles. The molecular weight excluding hydrogens is 306 g/mol. The van der Waals surface area contributed by atoms with Crippen LogP contribution in [0.25, 0.3) is 0 Å². The van der Waals surface area contributed by atoms with Crippen LogP contribution in [0, 0.1) is 13.8 Å². The number of hydrogen-bond donors (Lipinski definition) is 1. The highest BCUT2D eigenvalue weighted by atomic mass is 35.5. The molecule has 0 saturated heterocycles. The zero-order valence-electron chi connectivity index (χ0n) is 12.2. The topological polar surface area (TPSA) is 46.2 Å². The lowest BCUT2D eigenvalue weighted by Crippen LogP contribution is -2.27. The molecule has 0 aliphatic rings. The fraction of sp³-hybridized carbons (Fsp3) is 0.250. The highest BCUT2D eigenvalue weighted by Gasteiger charge is 2.21. The lowest BCUT2D eigenvalue weighted by atomic mass is 10.1. The lowest BCUT2D eigenvalue weighted by Gasteiger charge is -2.16. The van der Waals surface area contributed by atoms with Crippen LogP contribution in [0.3, 0.4) is 0 Å². The van der Waals surface area contributed by atoms with Crippen LogP contribution >= 0.6 is 11.6 Å². The first-order valence-corrected chi connectivity index (χ1v) is 8.51. The smallest absolute Gasteiger partial charge is 0.207 e. The SMILES string of the molecule is Cc1cc(S(=O)(=O)N[C@@H](C)c2ccccc2)c(C)cc1Cl. The van der Waals surface area contributed by atoms with Crippen LogP contribution in [-0.2, 0) is 10.0 Å². The molecule has 2 aromatic carbocycles. The zero-order valence-corrected chi connectivity index (χ0v) is 13.8. The number of benzene rings is 2. The zero-order chi connectivity index (χ0) is 15.6. The van der Waals surface area contributed by atoms with Crippen molar-refractivity contribution in [3.05, 3.63) is 64.2 Å². The maximum atomic E-state index is 12.5. The molecule has 2 rings (SSSR count). The molecule has 0 unspecified atom stereocenters. The van der Waals surface area contributed by atoms with Gasteiger partial charge in [-0.15, -0.1) is 0 Å². The molecule has 0 aromatic heterocycles. The summed E-state index contributed by atoms with van der Waals surface area (Å²) in [5, 5.41) is 0.572. The van der Waals surface area contributed by atoms with Crippen LogP contribution in [0.5, 0.6) is 0 Å². The molecule has 3 nitrogen and oxygen atoms in total. The molecule has 0 spiro atoms. The average Bonchev–Trinajstić information content (AvgIpc) is 2.43. The summed E-state index contributed by atoms with van der Waals surface area (Å²) in [5.41, 5.74) is 2.30. The minimum absolute atomic E-state index is 0.271. The number of rotatable bonds is 4. The maximum absolute atomic E-state index is 12.5. The summed E-state index contributed by atoms with van der Waals surface area (Å²) in [6, 6.07) is 12.5. The Bertz CT molecular complexity index is 742. The van der Waals surface area contributed by atoms with Gasteiger partial charge in [0.15, 0.2) is 0 Å². The highest BCUT2D eigenvalue weighted by molar-refractivity contribution is 7.89. The largest absolute Gasteiger partial charge is 0.241 e. The first kappa shape index (κ1) is 16.0. The van der Waals surface area contributed by atoms with Crippen LogP contribution in [0.2, 0.25) is 5.02 Å². The van der Waals surface area contributed by atoms with Gasteiger partial charge in [-0.1, -0.05) is 41.9 Å². The molecular formula is C16H18ClNO2S. The van der Waals surface area contributed by atoms with Crippen LogP contribution in [0.15, 0.2) is 47.4 Å². The maximum Gasteiger partial charge on any atom is 0.241 e. The molecule has 5 heteroatoms. The molecule has 0 bridgehead atoms. The van der Waals surface area contributed by atoms with E-state index in [9.17, 15) is 8.42 Å². The van der Waals surface area contributed by atoms with Gasteiger partial charge >= 0.3 is 0 Å². The number of nitrogens with one attached hydrogen (secondary N) is 1. The predicted molar refractivity (Wildman–Crippen MR) is 86.1 cm³/mol. The second-order valence-corrected chi connectivity index (χ2v) is 7.21. The molecule has 0 amide bonds. The molecule has 112 valence electrons. The van der Waals surface area contributed by atoms with E-state index in [4.69, 9.17) is 11.6 Å². The molecule has 0 heterocycles. The number of hydrogen-bond acceptors (Lipinski definition) is 2. The summed E-state index contributed by atoms with van der Waals surface area (Å²) in [5.74, 6) is 0. The molecule has 2 aromatic rings. The van der Waals surface area contributed by atoms with E-state index in [1.165, 1.54) is 0 Å². The first-order valence-electron chi connectivity index (χ1n) is 6.65. The van der Waals surface area contributed by atoms with E-state index in [1.807, 2.05) is 37.3 Å². The summed E-state index contributed by atoms with van der Waals surface area (Å²) in [6.45, 7) is 5.36. The van der Waals surface area contributed by atoms with Crippen molar-refractivity contribution in [1.82, 2.24) is 4.72 Å². The minimum atomic E-state index is -3.59. The number of halogens is 1. The fourth-order valence-corrected chi connectivity index (χ4v) is 3.91. The minimum Gasteiger partial charge on any atom is -0.207 e. The van der Waals surface area contributed by atoms with Gasteiger partial charge in [-0.05, 0) is 49.6 Å². The fourth-order valence-electron chi connectivity index (χ4n) is 2.15. The Morgan fingerprint density at radius 3 is 2.29 bits per heavy atom. The second kappa shape index (κ2) is 6.18. The van der Waals surface area contributed by atoms with Gasteiger partial charge in [0, 0.05) is 11.1 Å². The monoisotopic (exact) mass is 323 g/mol. The Hall–Kier alpha value is -1.36. The number of sulfonamides is 1. The van der Waals surface area contributed by atoms with Crippen molar-refractivity contribution in [1.29, 1.82) is 0 Å². The van der Waals surface area contributed by atoms with E-state index < -0.39 is 10.0 Å². The predicted octanol–water partition coefficient (Wildman–Crippen LogP) is 4.00. The Morgan fingerprint density at radius 2 is 1.67 bits per heavy atom. The van der Waals surface area contributed by atoms with Gasteiger partial charge in [-0.3, -0.25) is 0 Å². The molecule has 0 radical (unpaired) electrons. The van der Waals surface area contributed by atoms with Crippen molar-refractivity contribution in [2.24, 2.45) is 0 Å². The van der Waals surface area contributed by atoms with Crippen molar-refractivity contribution >= 4 is 21.6 Å². The van der Waals surface area contributed by atoms with Gasteiger partial charge in [0.1, 0.15) is 0 Å². The Balaban J connectivity index is 2.33. The lowest BCUT2D eigenvalue weighted by molar-refractivity contribution is 0.566. The van der Waals surface area contributed by atoms with E-state index in [0.717, 1.165) is 11.1 Å². The average molecular weight is 324 g/mol. The standard InChI is InChI=1S/C16H18ClNO2S/c1-11-10-16(12(2)9-15(11)17)21(19,20)18-13(3)14-7-5-4-6-8-14/h4-10,13,18H,1-3H3/t13-/m0/s1. The molecule has 21 heavy (non-hydrogen) atoms. The summed E-state index contributed by atoms with van der Waals surface area (Å²) in [4.78, 5) is 0.271. The third-order valence-electron chi connectivity index (χ3n) is 3.38. The van der Waals surface area contributed by atoms with E-state index in [-0.39, 0.29) is 10.9 Å². The quantitative estimate of drug-likeness (QED) is 0.924. The van der Waals surface area contributed by atoms with Crippen molar-refractivity contribution < 1.29 is 8.42 Å². The van der Waals surface area contributed by atoms with E-state index in [1.54, 1.807) is 26.0 Å². The van der Waals surface area contributed by atoms with Crippen molar-refractivity contribution in [3.8, 4) is 0 Å². The van der Waals surface area contributed by atoms with E-state index >= 15 is 0 Å². The Labute approximate surface area is 131 Å². The van der Waals surface area contributed by atoms with Crippen LogP contribution < -0.4 is 4.72 Å². The summed E-state index contributed by atoms with van der Waals surface area (Å²) >= 11 is 6.02. The van der Waals surface area contributed by atoms with Crippen LogP contribution in [0.1, 0.15) is 29.7 Å². The summed E-state index contributed by atoms with van der Waals surface area (Å²) in [7, 11) is -3.59. The van der Waals surface area contributed by atoms with Crippen LogP contribution in [-0.4, -0.2) is 8.42 Å². The normalized spacial score (nSPS) is 13.1. The van der Waals surface area contributed by atoms with Crippen molar-refractivity contribution in [2.45, 2.75) is 31.7 Å². The van der Waals surface area contributed by atoms with Gasteiger partial charge in [-0.2, -0.15) is 0 Å². The Kier molecular flexibility index (Phi) is 4.71. The van der Waals surface area contributed by atoms with Gasteiger partial charge in [-0.25, -0.2) is 13.1 Å². The molecule has 0 aliphatic heterocycles. The van der Waals surface area contributed by atoms with Gasteiger partial charge in [0.05, 0.1) is 4.90 Å². The number of aryl methyl sites for hydroxylation is 2. The van der Waals surface area contributed by atoms with Gasteiger partial charge in [0.25, 0.3) is 0 Å². The molecule has 0 aliphatic carbocycles. The summed E-state index contributed by atoms with van der Waals surface area (Å²) < 4.78 is 27.8. The highest BCUT2D eigenvalue weighted by Crippen LogP contribution is 2.25. The van der Waals surface area contributed by atoms with Crippen LogP contribution in [0.4, 0.5) is 0 Å². The van der Waals surface area contributed by atoms with Crippen molar-refractivity contribution in [2.75, 3.05) is 0 Å². The first-order chi connectivity index (χ1) is 9.81. The van der Waals surface area contributed by atoms with E-state index in [2.05, 4.69) is 4.72 Å². The second-order valence-electron chi connectivity index (χ2n) is 5.12. The van der Waals surface area contributed by atoms with Gasteiger partial charge < -0.3 is 0 Å². The molecule has 1 N–H and O–H groups in total. The molecule has 0 fully saturated rings. The third-order valence-corrected chi connectivity index (χ3v) is 5.47. The van der Waals surface area contributed by atoms with E-state index in [0.29, 0.717) is 10.6 Å².